The summed E-state index contributed by atoms with van der Waals surface area (Å²) in [5.41, 5.74) is -6.16. The zero-order chi connectivity index (χ0) is 93.7. The van der Waals surface area contributed by atoms with E-state index in [-0.39, 0.29) is 140 Å². The number of sulfone groups is 1. The molecule has 0 saturated carbocycles. The van der Waals surface area contributed by atoms with E-state index in [1.165, 1.54) is 142 Å². The molecule has 2 fully saturated rings. The maximum atomic E-state index is 13.8. The van der Waals surface area contributed by atoms with Gasteiger partial charge in [0, 0.05) is 125 Å². The molecule has 10 aromatic carbocycles. The van der Waals surface area contributed by atoms with Crippen LogP contribution in [0.4, 0.5) is 44.2 Å². The first-order valence-corrected chi connectivity index (χ1v) is 45.6. The van der Waals surface area contributed by atoms with Crippen LogP contribution in [-0.2, 0) is 71.8 Å². The lowest BCUT2D eigenvalue weighted by Crippen LogP contribution is -2.37. The van der Waals surface area contributed by atoms with E-state index in [9.17, 15) is 94.7 Å². The van der Waals surface area contributed by atoms with Crippen molar-refractivity contribution in [3.63, 3.8) is 0 Å². The minimum Gasteiger partial charge on any atom is -0.497 e. The molecule has 7 aliphatic rings. The number of primary sulfonamides is 1. The number of nitrogens with zero attached hydrogens (tertiary/aromatic N) is 2. The summed E-state index contributed by atoms with van der Waals surface area (Å²) < 4.78 is 64.4. The number of nitrogens with one attached hydrogen (secondary N) is 5. The number of fused-ring (bicyclic) bond motifs is 5. The molecule has 0 aromatic heterocycles. The molecule has 7 heterocycles. The van der Waals surface area contributed by atoms with E-state index in [1.54, 1.807) is 36.4 Å². The number of hydrogen-bond donors (Lipinski definition) is 11. The number of ether oxygens (including phenoxy) is 1. The topological polar surface area (TPSA) is 442 Å². The Morgan fingerprint density at radius 3 is 0.822 bits per heavy atom. The first-order valence-electron chi connectivity index (χ1n) is 38.8. The van der Waals surface area contributed by atoms with Gasteiger partial charge in [-0.25, -0.2) is 26.4 Å². The lowest BCUT2D eigenvalue weighted by Gasteiger charge is -2.33. The Hall–Kier alpha value is -10.5. The number of sulfonamides is 1. The third kappa shape index (κ3) is 19.4. The highest BCUT2D eigenvalue weighted by Crippen LogP contribution is 2.52. The van der Waals surface area contributed by atoms with E-state index in [2.05, 4.69) is 36.4 Å². The van der Waals surface area contributed by atoms with Gasteiger partial charge in [0.15, 0.2) is 66.8 Å². The minimum absolute atomic E-state index is 0.00906. The first-order chi connectivity index (χ1) is 60.7. The van der Waals surface area contributed by atoms with Crippen LogP contribution in [0.25, 0.3) is 0 Å². The third-order valence-corrected chi connectivity index (χ3v) is 27.2. The zero-order valence-electron chi connectivity index (χ0n) is 67.2. The van der Waals surface area contributed by atoms with Gasteiger partial charge in [-0.3, -0.25) is 47.9 Å². The van der Waals surface area contributed by atoms with E-state index >= 15 is 0 Å². The second kappa shape index (κ2) is 37.8. The van der Waals surface area contributed by atoms with Gasteiger partial charge in [0.2, 0.25) is 10.0 Å². The van der Waals surface area contributed by atoms with Crippen molar-refractivity contribution in [1.82, 2.24) is 0 Å². The van der Waals surface area contributed by atoms with E-state index in [1.807, 2.05) is 24.3 Å². The summed E-state index contributed by atoms with van der Waals surface area (Å²) in [7, 11) is -5.80. The summed E-state index contributed by atoms with van der Waals surface area (Å²) >= 11 is 54.8. The Kier molecular flexibility index (Phi) is 28.1. The molecule has 5 amide bonds. The molecule has 0 spiro atoms. The van der Waals surface area contributed by atoms with Gasteiger partial charge in [0.25, 0.3) is 29.5 Å². The van der Waals surface area contributed by atoms with Gasteiger partial charge in [0.05, 0.1) is 97.5 Å². The van der Waals surface area contributed by atoms with Gasteiger partial charge in [0.1, 0.15) is 11.6 Å². The van der Waals surface area contributed by atoms with E-state index in [4.69, 9.17) is 114 Å². The molecular weight excluding hydrogens is 1900 g/mol. The number of ketones is 5. The second-order valence-electron chi connectivity index (χ2n) is 30.7. The maximum absolute atomic E-state index is 13.8. The number of carbonyl (C=O) groups excluding carboxylic acids is 10. The summed E-state index contributed by atoms with van der Waals surface area (Å²) in [6.45, 7) is 4.07. The quantitative estimate of drug-likeness (QED) is 0.0316. The maximum Gasteiger partial charge on any atom is 0.261 e. The van der Waals surface area contributed by atoms with Crippen LogP contribution in [0.1, 0.15) is 131 Å². The van der Waals surface area contributed by atoms with Gasteiger partial charge in [-0.2, -0.15) is 0 Å². The predicted molar refractivity (Wildman–Crippen MR) is 486 cm³/mol. The summed E-state index contributed by atoms with van der Waals surface area (Å²) in [5, 5.41) is 73.1. The molecule has 0 bridgehead atoms. The number of anilines is 7. The number of nitrogens with two attached hydrogens (primary N) is 1. The Balaban J connectivity index is 0.000000138. The zero-order valence-corrected chi connectivity index (χ0v) is 75.7. The van der Waals surface area contributed by atoms with E-state index < -0.39 is 133 Å². The molecule has 0 radical (unpaired) electrons. The van der Waals surface area contributed by atoms with Crippen LogP contribution in [0.5, 0.6) is 5.75 Å². The molecule has 10 aromatic rings. The van der Waals surface area contributed by atoms with Gasteiger partial charge in [-0.05, 0) is 177 Å². The number of Topliss-reactive ketones (excluding diaryl/α,β-unsaturated/α-hetero) is 5. The number of amides is 5. The number of benzene rings is 10. The molecule has 2 saturated heterocycles. The van der Waals surface area contributed by atoms with Crippen LogP contribution in [0.3, 0.4) is 0 Å². The van der Waals surface area contributed by atoms with Crippen LogP contribution in [-0.4, -0.2) is 140 Å². The average Bonchev–Trinajstić information content (AvgIpc) is 1.62. The van der Waals surface area contributed by atoms with Crippen molar-refractivity contribution in [2.75, 3.05) is 75.9 Å². The lowest BCUT2D eigenvalue weighted by molar-refractivity contribution is -0.133. The van der Waals surface area contributed by atoms with Crippen LogP contribution in [0.2, 0.25) is 45.2 Å². The molecule has 28 nitrogen and oxygen atoms in total. The highest BCUT2D eigenvalue weighted by atomic mass is 35.5. The third-order valence-electron chi connectivity index (χ3n) is 22.3. The molecule has 5 atom stereocenters. The molecule has 40 heteroatoms. The molecular formula is C89H72Cl9FN8O20S2. The number of rotatable bonds is 20. The van der Waals surface area contributed by atoms with E-state index in [0.717, 1.165) is 49.9 Å². The predicted octanol–water partition coefficient (Wildman–Crippen LogP) is 15.4. The van der Waals surface area contributed by atoms with Crippen molar-refractivity contribution in [3.05, 3.63) is 289 Å². The molecule has 17 rings (SSSR count). The van der Waals surface area contributed by atoms with Crippen LogP contribution in [0, 0.1) is 5.82 Å². The molecule has 129 heavy (non-hydrogen) atoms. The van der Waals surface area contributed by atoms with Gasteiger partial charge >= 0.3 is 0 Å². The normalized spacial score (nSPS) is 20.0. The fraction of sp³-hybridized carbons (Fsp3) is 0.213. The van der Waals surface area contributed by atoms with E-state index in [0.29, 0.717) is 16.9 Å². The number of halogens is 10. The van der Waals surface area contributed by atoms with Crippen molar-refractivity contribution in [2.45, 2.75) is 89.2 Å². The number of hydrogen-bond acceptors (Lipinski definition) is 22. The second-order valence-corrected chi connectivity index (χ2v) is 37.9. The smallest absolute Gasteiger partial charge is 0.261 e. The summed E-state index contributed by atoms with van der Waals surface area (Å²) in [6.07, 6.45) is 2.04. The molecule has 670 valence electrons. The lowest BCUT2D eigenvalue weighted by atomic mass is 9.88. The molecule has 0 unspecified atom stereocenters. The minimum atomic E-state index is -3.90. The van der Waals surface area contributed by atoms with Crippen molar-refractivity contribution < 1.29 is 99.4 Å². The standard InChI is InChI=1S/C20H18Cl2N2O3.C19H16Cl2N2O3.C17H13Cl2NO5S.C17H13ClFNO4.C16H12Cl2N2O5S/c21-14-7-8-15(22)18-17(14)20(27,19(26)23-18)11-16(25)12-3-5-13(6-4-12)24-9-1-2-10-24;20-13-6-7-14(21)17-16(13)19(26,18(25)22-17)10-15(24)11-2-4-12(5-3-11)23-8-1-9-23;1-26(24,25)10-4-2-9(3-5-10)13(21)8-17(23)14-11(18)6-7-12(19)15(14)20-16(17)22;1-24-10-4-2-9(3-5-10)13(21)8-17(23)14-11(18)6-7-12(19)15(14)20-16(17)22;17-10-5-6-11(18)14-13(10)16(23,15(22)20-14)7-12(21)8-1-3-9(4-2-8)26(19,24)25/h3-8,27H,1-2,9-11H2,(H,23,26);2-7,26H,1,8-10H2,(H,22,25);2-7,23H,8H2,1H3,(H,20,22);2-7,23H,8H2,1H3,(H,20,22);1-6,23H,7H2,(H,20,22)(H2,19,24,25)/t20-;19-;2*17-;16-/m01001/s1. The van der Waals surface area contributed by atoms with Crippen LogP contribution < -0.4 is 46.3 Å². The highest BCUT2D eigenvalue weighted by Gasteiger charge is 2.54. The Morgan fingerprint density at radius 1 is 0.349 bits per heavy atom. The fourth-order valence-electron chi connectivity index (χ4n) is 15.3. The summed E-state index contributed by atoms with van der Waals surface area (Å²) in [4.78, 5) is 129. The number of methoxy groups -OCH3 is 1. The van der Waals surface area contributed by atoms with Gasteiger partial charge in [-0.15, -0.1) is 0 Å². The van der Waals surface area contributed by atoms with Gasteiger partial charge in [-0.1, -0.05) is 129 Å². The van der Waals surface area contributed by atoms with Crippen molar-refractivity contribution in [2.24, 2.45) is 5.14 Å². The average molecular weight is 1980 g/mol. The monoisotopic (exact) mass is 1970 g/mol. The number of aliphatic hydroxyl groups is 5. The van der Waals surface area contributed by atoms with Gasteiger partial charge < -0.3 is 66.7 Å². The highest BCUT2D eigenvalue weighted by molar-refractivity contribution is 7.90. The fourth-order valence-corrected chi connectivity index (χ4v) is 18.9. The van der Waals surface area contributed by atoms with Crippen LogP contribution in [0.15, 0.2) is 192 Å². The Labute approximate surface area is 780 Å². The van der Waals surface area contributed by atoms with Crippen molar-refractivity contribution in [1.29, 1.82) is 0 Å². The molecule has 12 N–H and O–H groups in total. The molecule has 7 aliphatic heterocycles. The largest absolute Gasteiger partial charge is 0.497 e. The Bertz CT molecular complexity index is 6400. The summed E-state index contributed by atoms with van der Waals surface area (Å²) in [5.74, 6) is -6.38. The van der Waals surface area contributed by atoms with Crippen molar-refractivity contribution in [3.8, 4) is 5.75 Å². The SMILES string of the molecule is COc1ccc(C(=O)C[C@@]2(O)C(=O)Nc3c(F)ccc(Cl)c32)cc1.CS(=O)(=O)c1ccc(C(=O)C[C@@]2(O)C(=O)Nc3c(Cl)ccc(Cl)c32)cc1.NS(=O)(=O)c1ccc(C(=O)C[C@]2(O)C(=O)Nc3c(Cl)ccc(Cl)c32)cc1.O=C(C[C@@]1(O)C(=O)Nc2c(Cl)ccc(Cl)c21)c1ccc(N2CCCC2)cc1.O=C(C[C@]1(O)C(=O)Nc2c(Cl)ccc(Cl)c21)c1ccc(N2CCC2)cc1. The Morgan fingerprint density at radius 2 is 0.574 bits per heavy atom. The number of carbonyl (C=O) groups is 10. The molecule has 0 aliphatic carbocycles. The van der Waals surface area contributed by atoms with Crippen molar-refractivity contribution >= 4 is 223 Å². The van der Waals surface area contributed by atoms with Crippen LogP contribution >= 0.6 is 104 Å². The summed E-state index contributed by atoms with van der Waals surface area (Å²) in [6, 6.07) is 44.9. The first kappa shape index (κ1) is 96.1.